The third kappa shape index (κ3) is 4.45. The second-order valence-electron chi connectivity index (χ2n) is 5.89. The Bertz CT molecular complexity index is 827. The van der Waals surface area contributed by atoms with Crippen LogP contribution in [0.4, 0.5) is 27.8 Å². The van der Waals surface area contributed by atoms with E-state index in [-0.39, 0.29) is 6.09 Å². The molecule has 0 radical (unpaired) electrons. The fraction of sp³-hybridized carbons (Fsp3) is 0.353. The number of anilines is 4. The topological polar surface area (TPSA) is 96.6 Å². The van der Waals surface area contributed by atoms with Crippen molar-refractivity contribution in [2.45, 2.75) is 6.92 Å². The van der Waals surface area contributed by atoms with Gasteiger partial charge in [-0.3, -0.25) is 0 Å². The molecule has 0 bridgehead atoms. The van der Waals surface area contributed by atoms with Crippen molar-refractivity contribution in [2.75, 3.05) is 48.7 Å². The average Bonchev–Trinajstić information content (AvgIpc) is 2.67. The van der Waals surface area contributed by atoms with E-state index in [2.05, 4.69) is 15.3 Å². The van der Waals surface area contributed by atoms with Crippen LogP contribution in [0.15, 0.2) is 24.5 Å². The largest absolute Gasteiger partial charge is 0.450 e. The van der Waals surface area contributed by atoms with E-state index in [4.69, 9.17) is 33.7 Å². The lowest BCUT2D eigenvalue weighted by Crippen LogP contribution is -2.49. The number of nitrogen functional groups attached to an aromatic ring is 1. The van der Waals surface area contributed by atoms with Crippen molar-refractivity contribution in [3.05, 3.63) is 34.6 Å². The number of carbonyl (C=O) groups excluding carboxylic acids is 1. The van der Waals surface area contributed by atoms with Gasteiger partial charge in [0.15, 0.2) is 11.6 Å². The Morgan fingerprint density at radius 1 is 1.22 bits per heavy atom. The standard InChI is InChI=1S/C17H20Cl2N6O2/c1-2-27-17(26)25-7-5-24(6-8-25)16-14(20)15(21-10-22-16)23-11-3-4-12(18)13(19)9-11/h3-4,9-10H,2,5-8,20H2,1H3,(H,21,22,23). The van der Waals surface area contributed by atoms with Crippen molar-refractivity contribution >= 4 is 52.3 Å². The first-order valence-corrected chi connectivity index (χ1v) is 9.24. The van der Waals surface area contributed by atoms with Gasteiger partial charge in [0.1, 0.15) is 12.0 Å². The number of nitrogens with one attached hydrogen (secondary N) is 1. The molecule has 8 nitrogen and oxygen atoms in total. The molecule has 3 rings (SSSR count). The highest BCUT2D eigenvalue weighted by molar-refractivity contribution is 6.42. The molecule has 1 saturated heterocycles. The quantitative estimate of drug-likeness (QED) is 0.796. The van der Waals surface area contributed by atoms with E-state index >= 15 is 0 Å². The van der Waals surface area contributed by atoms with Crippen LogP contribution in [0.25, 0.3) is 0 Å². The van der Waals surface area contributed by atoms with Gasteiger partial charge >= 0.3 is 6.09 Å². The maximum atomic E-state index is 11.8. The molecule has 1 amide bonds. The zero-order valence-electron chi connectivity index (χ0n) is 14.8. The number of hydrogen-bond acceptors (Lipinski definition) is 7. The predicted octanol–water partition coefficient (Wildman–Crippen LogP) is 3.39. The minimum atomic E-state index is -0.296. The molecule has 2 heterocycles. The van der Waals surface area contributed by atoms with Gasteiger partial charge in [-0.25, -0.2) is 14.8 Å². The van der Waals surface area contributed by atoms with Crippen LogP contribution in [-0.2, 0) is 4.74 Å². The summed E-state index contributed by atoms with van der Waals surface area (Å²) >= 11 is 12.0. The number of nitrogens with zero attached hydrogens (tertiary/aromatic N) is 4. The molecule has 10 heteroatoms. The maximum absolute atomic E-state index is 11.8. The number of amides is 1. The van der Waals surface area contributed by atoms with Crippen LogP contribution in [-0.4, -0.2) is 53.7 Å². The Hall–Kier alpha value is -2.45. The van der Waals surface area contributed by atoms with Gasteiger partial charge in [-0.05, 0) is 25.1 Å². The molecule has 1 aliphatic rings. The van der Waals surface area contributed by atoms with Crippen LogP contribution >= 0.6 is 23.2 Å². The number of hydrogen-bond donors (Lipinski definition) is 2. The van der Waals surface area contributed by atoms with Gasteiger partial charge in [-0.15, -0.1) is 0 Å². The second-order valence-corrected chi connectivity index (χ2v) is 6.70. The number of aromatic nitrogens is 2. The minimum absolute atomic E-state index is 0.296. The fourth-order valence-electron chi connectivity index (χ4n) is 2.76. The van der Waals surface area contributed by atoms with Gasteiger partial charge in [0.2, 0.25) is 0 Å². The van der Waals surface area contributed by atoms with Crippen LogP contribution in [0.5, 0.6) is 0 Å². The molecule has 0 atom stereocenters. The number of nitrogens with two attached hydrogens (primary N) is 1. The van der Waals surface area contributed by atoms with E-state index in [9.17, 15) is 4.79 Å². The molecule has 3 N–H and O–H groups in total. The minimum Gasteiger partial charge on any atom is -0.450 e. The van der Waals surface area contributed by atoms with E-state index in [1.165, 1.54) is 6.33 Å². The van der Waals surface area contributed by atoms with Gasteiger partial charge in [0.25, 0.3) is 0 Å². The van der Waals surface area contributed by atoms with Crippen LogP contribution < -0.4 is 16.0 Å². The summed E-state index contributed by atoms with van der Waals surface area (Å²) < 4.78 is 5.04. The fourth-order valence-corrected chi connectivity index (χ4v) is 3.06. The van der Waals surface area contributed by atoms with Crippen molar-refractivity contribution in [3.63, 3.8) is 0 Å². The van der Waals surface area contributed by atoms with Crippen molar-refractivity contribution in [1.82, 2.24) is 14.9 Å². The van der Waals surface area contributed by atoms with Crippen molar-refractivity contribution in [1.29, 1.82) is 0 Å². The van der Waals surface area contributed by atoms with E-state index in [1.54, 1.807) is 30.0 Å². The molecule has 1 fully saturated rings. The van der Waals surface area contributed by atoms with Crippen molar-refractivity contribution in [3.8, 4) is 0 Å². The van der Waals surface area contributed by atoms with Gasteiger partial charge < -0.3 is 25.6 Å². The third-order valence-corrected chi connectivity index (χ3v) is 4.89. The normalized spacial score (nSPS) is 14.2. The Morgan fingerprint density at radius 2 is 1.96 bits per heavy atom. The SMILES string of the molecule is CCOC(=O)N1CCN(c2ncnc(Nc3ccc(Cl)c(Cl)c3)c2N)CC1. The lowest BCUT2D eigenvalue weighted by atomic mass is 10.3. The zero-order chi connectivity index (χ0) is 19.4. The van der Waals surface area contributed by atoms with E-state index < -0.39 is 0 Å². The third-order valence-electron chi connectivity index (χ3n) is 4.15. The maximum Gasteiger partial charge on any atom is 0.409 e. The second kappa shape index (κ2) is 8.49. The number of ether oxygens (including phenoxy) is 1. The summed E-state index contributed by atoms with van der Waals surface area (Å²) in [5.41, 5.74) is 7.42. The zero-order valence-corrected chi connectivity index (χ0v) is 16.3. The highest BCUT2D eigenvalue weighted by atomic mass is 35.5. The monoisotopic (exact) mass is 410 g/mol. The van der Waals surface area contributed by atoms with Crippen LogP contribution in [0.2, 0.25) is 10.0 Å². The molecule has 0 saturated carbocycles. The lowest BCUT2D eigenvalue weighted by molar-refractivity contribution is 0.105. The van der Waals surface area contributed by atoms with Gasteiger partial charge in [-0.1, -0.05) is 23.2 Å². The first-order valence-electron chi connectivity index (χ1n) is 8.48. The van der Waals surface area contributed by atoms with Gasteiger partial charge in [0.05, 0.1) is 16.7 Å². The Labute approximate surface area is 167 Å². The number of halogens is 2. The molecule has 0 aliphatic carbocycles. The van der Waals surface area contributed by atoms with E-state index in [1.807, 2.05) is 4.90 Å². The van der Waals surface area contributed by atoms with Crippen molar-refractivity contribution < 1.29 is 9.53 Å². The lowest BCUT2D eigenvalue weighted by Gasteiger charge is -2.35. The molecule has 1 aromatic heterocycles. The number of piperazine rings is 1. The molecule has 0 spiro atoms. The predicted molar refractivity (Wildman–Crippen MR) is 107 cm³/mol. The van der Waals surface area contributed by atoms with E-state index in [0.29, 0.717) is 65.8 Å². The number of rotatable bonds is 4. The van der Waals surface area contributed by atoms with Crippen LogP contribution in [0.1, 0.15) is 6.92 Å². The highest BCUT2D eigenvalue weighted by Gasteiger charge is 2.24. The molecular formula is C17H20Cl2N6O2. The number of carbonyl (C=O) groups is 1. The summed E-state index contributed by atoms with van der Waals surface area (Å²) in [5, 5.41) is 4.04. The molecule has 1 aliphatic heterocycles. The summed E-state index contributed by atoms with van der Waals surface area (Å²) in [7, 11) is 0. The smallest absolute Gasteiger partial charge is 0.409 e. The summed E-state index contributed by atoms with van der Waals surface area (Å²) in [6.45, 7) is 4.44. The number of benzene rings is 1. The summed E-state index contributed by atoms with van der Waals surface area (Å²) in [6, 6.07) is 5.18. The molecule has 2 aromatic rings. The Balaban J connectivity index is 1.72. The molecular weight excluding hydrogens is 391 g/mol. The Morgan fingerprint density at radius 3 is 2.63 bits per heavy atom. The molecule has 27 heavy (non-hydrogen) atoms. The first-order chi connectivity index (χ1) is 13.0. The van der Waals surface area contributed by atoms with Gasteiger partial charge in [-0.2, -0.15) is 0 Å². The highest BCUT2D eigenvalue weighted by Crippen LogP contribution is 2.31. The summed E-state index contributed by atoms with van der Waals surface area (Å²) in [5.74, 6) is 1.10. The Kier molecular flexibility index (Phi) is 6.08. The summed E-state index contributed by atoms with van der Waals surface area (Å²) in [6.07, 6.45) is 1.15. The first kappa shape index (κ1) is 19.3. The van der Waals surface area contributed by atoms with E-state index in [0.717, 1.165) is 0 Å². The average molecular weight is 411 g/mol. The molecule has 1 aromatic carbocycles. The van der Waals surface area contributed by atoms with Crippen molar-refractivity contribution in [2.24, 2.45) is 0 Å². The van der Waals surface area contributed by atoms with Crippen LogP contribution in [0, 0.1) is 0 Å². The van der Waals surface area contributed by atoms with Gasteiger partial charge in [0, 0.05) is 31.9 Å². The summed E-state index contributed by atoms with van der Waals surface area (Å²) in [4.78, 5) is 24.0. The molecule has 0 unspecified atom stereocenters. The molecule has 144 valence electrons. The van der Waals surface area contributed by atoms with Crippen LogP contribution in [0.3, 0.4) is 0 Å².